The van der Waals surface area contributed by atoms with Crippen molar-refractivity contribution in [2.24, 2.45) is 0 Å². The molecule has 2 aliphatic carbocycles. The molecule has 2 unspecified atom stereocenters. The van der Waals surface area contributed by atoms with Gasteiger partial charge in [0.2, 0.25) is 0 Å². The van der Waals surface area contributed by atoms with E-state index in [1.54, 1.807) is 0 Å². The fourth-order valence-corrected chi connectivity index (χ4v) is 6.02. The topological polar surface area (TPSA) is 40.5 Å². The van der Waals surface area contributed by atoms with Crippen molar-refractivity contribution in [3.63, 3.8) is 0 Å². The van der Waals surface area contributed by atoms with Gasteiger partial charge in [0.05, 0.1) is 6.04 Å². The Bertz CT molecular complexity index is 1110. The minimum Gasteiger partial charge on any atom is -0.478 e. The van der Waals surface area contributed by atoms with E-state index in [1.807, 2.05) is 12.1 Å². The molecule has 3 aliphatic rings. The molecule has 1 fully saturated rings. The largest absolute Gasteiger partial charge is 0.478 e. The third-order valence-electron chi connectivity index (χ3n) is 7.29. The van der Waals surface area contributed by atoms with Crippen molar-refractivity contribution in [2.45, 2.75) is 63.6 Å². The number of halogens is 2. The van der Waals surface area contributed by atoms with Gasteiger partial charge in [0.15, 0.2) is 0 Å². The normalized spacial score (nSPS) is 23.7. The second-order valence-corrected chi connectivity index (χ2v) is 9.25. The summed E-state index contributed by atoms with van der Waals surface area (Å²) in [5.74, 6) is -2.37. The molecule has 0 aromatic heterocycles. The number of hydrogen-bond acceptors (Lipinski definition) is 2. The predicted octanol–water partition coefficient (Wildman–Crippen LogP) is 6.15. The molecule has 2 aromatic carbocycles. The van der Waals surface area contributed by atoms with Crippen LogP contribution >= 0.6 is 0 Å². The molecule has 0 radical (unpaired) electrons. The van der Waals surface area contributed by atoms with E-state index in [4.69, 9.17) is 5.11 Å². The molecule has 166 valence electrons. The Labute approximate surface area is 187 Å². The average molecular weight is 436 g/mol. The quantitative estimate of drug-likeness (QED) is 0.586. The average Bonchev–Trinajstić information content (AvgIpc) is 3.40. The monoisotopic (exact) mass is 435 g/mol. The summed E-state index contributed by atoms with van der Waals surface area (Å²) in [7, 11) is 0. The van der Waals surface area contributed by atoms with E-state index >= 15 is 8.78 Å². The summed E-state index contributed by atoms with van der Waals surface area (Å²) in [5, 5.41) is 8.86. The molecule has 0 spiro atoms. The summed E-state index contributed by atoms with van der Waals surface area (Å²) in [6, 6.07) is 10.9. The van der Waals surface area contributed by atoms with Crippen LogP contribution in [0.2, 0.25) is 0 Å². The van der Waals surface area contributed by atoms with E-state index in [-0.39, 0.29) is 17.2 Å². The Kier molecular flexibility index (Phi) is 5.46. The summed E-state index contributed by atoms with van der Waals surface area (Å²) < 4.78 is 31.0. The smallest absolute Gasteiger partial charge is 0.328 e. The van der Waals surface area contributed by atoms with Gasteiger partial charge in [-0.05, 0) is 78.7 Å². The van der Waals surface area contributed by atoms with Crippen LogP contribution in [0, 0.1) is 11.6 Å². The summed E-state index contributed by atoms with van der Waals surface area (Å²) in [6.45, 7) is 2.18. The lowest BCUT2D eigenvalue weighted by molar-refractivity contribution is -0.131. The maximum atomic E-state index is 15.5. The number of nitrogens with zero attached hydrogens (tertiary/aromatic N) is 1. The Balaban J connectivity index is 1.65. The van der Waals surface area contributed by atoms with Crippen LogP contribution in [0.5, 0.6) is 0 Å². The molecule has 1 saturated carbocycles. The van der Waals surface area contributed by atoms with Crippen molar-refractivity contribution >= 4 is 17.6 Å². The fourth-order valence-electron chi connectivity index (χ4n) is 6.02. The van der Waals surface area contributed by atoms with Gasteiger partial charge in [0, 0.05) is 23.7 Å². The lowest BCUT2D eigenvalue weighted by Crippen LogP contribution is -2.46. The van der Waals surface area contributed by atoms with Crippen LogP contribution < -0.4 is 0 Å². The molecular weight excluding hydrogens is 408 g/mol. The lowest BCUT2D eigenvalue weighted by Gasteiger charge is -2.46. The molecule has 2 aromatic rings. The van der Waals surface area contributed by atoms with Crippen molar-refractivity contribution in [2.75, 3.05) is 0 Å². The van der Waals surface area contributed by atoms with Gasteiger partial charge in [-0.3, -0.25) is 4.90 Å². The molecule has 1 aliphatic heterocycles. The Morgan fingerprint density at radius 1 is 1.12 bits per heavy atom. The van der Waals surface area contributed by atoms with Crippen molar-refractivity contribution in [3.05, 3.63) is 81.9 Å². The van der Waals surface area contributed by atoms with Crippen LogP contribution in [0.3, 0.4) is 0 Å². The number of carbonyl (C=O) groups is 1. The first-order valence-electron chi connectivity index (χ1n) is 11.4. The number of hydrogen-bond donors (Lipinski definition) is 1. The predicted molar refractivity (Wildman–Crippen MR) is 121 cm³/mol. The molecule has 2 atom stereocenters. The summed E-state index contributed by atoms with van der Waals surface area (Å²) in [6.07, 6.45) is 8.14. The maximum Gasteiger partial charge on any atom is 0.328 e. The molecule has 0 saturated heterocycles. The van der Waals surface area contributed by atoms with Gasteiger partial charge >= 0.3 is 5.97 Å². The zero-order valence-electron chi connectivity index (χ0n) is 18.2. The second-order valence-electron chi connectivity index (χ2n) is 9.25. The standard InChI is InChI=1S/C27H27F2NO2/c1-16-12-21-20-9-5-2-6-18(20)15-22(21)27(30(16)19-7-3-4-8-19)26-23(28)13-17(14-24(26)29)10-11-25(31)32/h2,5-6,9-11,13-14,16,19,27H,3-4,7-8,12,15H2,1H3,(H,31,32)/b11-10+. The molecule has 0 amide bonds. The number of benzene rings is 2. The van der Waals surface area contributed by atoms with Gasteiger partial charge in [-0.2, -0.15) is 0 Å². The van der Waals surface area contributed by atoms with Crippen molar-refractivity contribution in [3.8, 4) is 0 Å². The maximum absolute atomic E-state index is 15.5. The zero-order valence-corrected chi connectivity index (χ0v) is 18.2. The van der Waals surface area contributed by atoms with E-state index in [0.717, 1.165) is 43.8 Å². The Hall–Kier alpha value is -2.79. The minimum absolute atomic E-state index is 0.0937. The van der Waals surface area contributed by atoms with Crippen molar-refractivity contribution in [1.82, 2.24) is 4.90 Å². The van der Waals surface area contributed by atoms with Crippen LogP contribution in [0.1, 0.15) is 67.3 Å². The van der Waals surface area contributed by atoms with Crippen LogP contribution in [0.4, 0.5) is 8.78 Å². The minimum atomic E-state index is -1.15. The molecule has 5 rings (SSSR count). The summed E-state index contributed by atoms with van der Waals surface area (Å²) >= 11 is 0. The Morgan fingerprint density at radius 2 is 1.81 bits per heavy atom. The van der Waals surface area contributed by atoms with Gasteiger partial charge in [0.1, 0.15) is 11.6 Å². The van der Waals surface area contributed by atoms with Crippen molar-refractivity contribution in [1.29, 1.82) is 0 Å². The highest BCUT2D eigenvalue weighted by atomic mass is 19.1. The van der Waals surface area contributed by atoms with Gasteiger partial charge < -0.3 is 5.11 Å². The molecule has 1 N–H and O–H groups in total. The van der Waals surface area contributed by atoms with Gasteiger partial charge in [-0.25, -0.2) is 13.6 Å². The van der Waals surface area contributed by atoms with Crippen LogP contribution in [-0.4, -0.2) is 28.1 Å². The van der Waals surface area contributed by atoms with Crippen LogP contribution in [0.15, 0.2) is 48.0 Å². The van der Waals surface area contributed by atoms with E-state index in [0.29, 0.717) is 12.5 Å². The first-order valence-corrected chi connectivity index (χ1v) is 11.4. The molecule has 32 heavy (non-hydrogen) atoms. The third kappa shape index (κ3) is 3.58. The zero-order chi connectivity index (χ0) is 22.4. The van der Waals surface area contributed by atoms with Crippen LogP contribution in [-0.2, 0) is 11.2 Å². The highest BCUT2D eigenvalue weighted by Crippen LogP contribution is 2.51. The van der Waals surface area contributed by atoms with E-state index < -0.39 is 23.6 Å². The van der Waals surface area contributed by atoms with Gasteiger partial charge in [0.25, 0.3) is 0 Å². The molecule has 0 bridgehead atoms. The molecule has 1 heterocycles. The van der Waals surface area contributed by atoms with E-state index in [9.17, 15) is 4.79 Å². The molecular formula is C27H27F2NO2. The number of fused-ring (bicyclic) bond motifs is 2. The van der Waals surface area contributed by atoms with E-state index in [2.05, 4.69) is 24.0 Å². The SMILES string of the molecule is CC1CC2=C(Cc3ccccc32)C(c2c(F)cc(/C=C/C(=O)O)cc2F)N1C1CCCC1. The second kappa shape index (κ2) is 8.28. The highest BCUT2D eigenvalue weighted by Gasteiger charge is 2.44. The molecule has 3 nitrogen and oxygen atoms in total. The first-order chi connectivity index (χ1) is 15.4. The van der Waals surface area contributed by atoms with Crippen LogP contribution in [0.25, 0.3) is 11.6 Å². The number of carboxylic acids is 1. The number of rotatable bonds is 4. The summed E-state index contributed by atoms with van der Waals surface area (Å²) in [4.78, 5) is 13.2. The van der Waals surface area contributed by atoms with Gasteiger partial charge in [-0.1, -0.05) is 37.1 Å². The Morgan fingerprint density at radius 3 is 2.50 bits per heavy atom. The number of carboxylic acid groups (broad SMARTS) is 1. The lowest BCUT2D eigenvalue weighted by atomic mass is 9.83. The third-order valence-corrected chi connectivity index (χ3v) is 7.29. The van der Waals surface area contributed by atoms with E-state index in [1.165, 1.54) is 34.9 Å². The fraction of sp³-hybridized carbons (Fsp3) is 0.370. The highest BCUT2D eigenvalue weighted by molar-refractivity contribution is 5.85. The molecule has 5 heteroatoms. The first kappa shape index (κ1) is 21.1. The van der Waals surface area contributed by atoms with Gasteiger partial charge in [-0.15, -0.1) is 0 Å². The number of aliphatic carboxylic acids is 1. The van der Waals surface area contributed by atoms with Crippen molar-refractivity contribution < 1.29 is 18.7 Å². The summed E-state index contributed by atoms with van der Waals surface area (Å²) in [5.41, 5.74) is 5.10.